The molecule has 1 aromatic carbocycles. The van der Waals surface area contributed by atoms with Crippen LogP contribution in [0, 0.1) is 17.5 Å². The highest BCUT2D eigenvalue weighted by Gasteiger charge is 2.12. The van der Waals surface area contributed by atoms with Crippen LogP contribution in [-0.4, -0.2) is 12.4 Å². The second-order valence-electron chi connectivity index (χ2n) is 4.05. The van der Waals surface area contributed by atoms with Crippen LogP contribution in [0.25, 0.3) is 0 Å². The fourth-order valence-corrected chi connectivity index (χ4v) is 1.44. The number of hydrogen-bond donors (Lipinski definition) is 0. The number of benzene rings is 1. The maximum atomic E-state index is 13.2. The van der Waals surface area contributed by atoms with Crippen LogP contribution in [0.5, 0.6) is 0 Å². The summed E-state index contributed by atoms with van der Waals surface area (Å²) in [6.45, 7) is 1.76. The van der Waals surface area contributed by atoms with Crippen LogP contribution in [-0.2, 0) is 16.1 Å². The van der Waals surface area contributed by atoms with Crippen LogP contribution in [0.15, 0.2) is 12.1 Å². The first-order chi connectivity index (χ1) is 8.52. The van der Waals surface area contributed by atoms with Gasteiger partial charge in [0, 0.05) is 18.6 Å². The zero-order valence-corrected chi connectivity index (χ0v) is 10.1. The van der Waals surface area contributed by atoms with Crippen LogP contribution in [0.3, 0.4) is 0 Å². The van der Waals surface area contributed by atoms with E-state index in [9.17, 15) is 18.0 Å². The van der Waals surface area contributed by atoms with Gasteiger partial charge in [-0.25, -0.2) is 13.2 Å². The Morgan fingerprint density at radius 1 is 1.17 bits per heavy atom. The van der Waals surface area contributed by atoms with Gasteiger partial charge < -0.3 is 9.53 Å². The van der Waals surface area contributed by atoms with E-state index in [-0.39, 0.29) is 18.0 Å². The highest BCUT2D eigenvalue weighted by molar-refractivity contribution is 5.75. The Hall–Kier alpha value is -1.36. The van der Waals surface area contributed by atoms with Crippen LogP contribution < -0.4 is 0 Å². The summed E-state index contributed by atoms with van der Waals surface area (Å²) in [6.07, 6.45) is 1.86. The third-order valence-electron chi connectivity index (χ3n) is 2.44. The molecular formula is C13H15F3O2. The Morgan fingerprint density at radius 2 is 1.89 bits per heavy atom. The second kappa shape index (κ2) is 7.16. The molecule has 0 unspecified atom stereocenters. The molecule has 2 nitrogen and oxygen atoms in total. The molecule has 0 heterocycles. The molecule has 0 bridgehead atoms. The van der Waals surface area contributed by atoms with Gasteiger partial charge in [-0.2, -0.15) is 0 Å². The summed E-state index contributed by atoms with van der Waals surface area (Å²) in [4.78, 5) is 10.6. The number of carbonyl (C=O) groups excluding carboxylic acids is 1. The van der Waals surface area contributed by atoms with Gasteiger partial charge in [0.25, 0.3) is 0 Å². The van der Waals surface area contributed by atoms with E-state index in [1.807, 2.05) is 0 Å². The number of ether oxygens (including phenoxy) is 1. The third kappa shape index (κ3) is 4.49. The average molecular weight is 260 g/mol. The third-order valence-corrected chi connectivity index (χ3v) is 2.44. The Labute approximate surface area is 104 Å². The minimum absolute atomic E-state index is 0.0135. The maximum absolute atomic E-state index is 13.2. The monoisotopic (exact) mass is 260 g/mol. The van der Waals surface area contributed by atoms with Crippen molar-refractivity contribution in [2.45, 2.75) is 32.8 Å². The first kappa shape index (κ1) is 14.7. The lowest BCUT2D eigenvalue weighted by Crippen LogP contribution is -2.02. The maximum Gasteiger partial charge on any atom is 0.194 e. The first-order valence-corrected chi connectivity index (χ1v) is 5.72. The molecule has 0 fully saturated rings. The summed E-state index contributed by atoms with van der Waals surface area (Å²) >= 11 is 0. The average Bonchev–Trinajstić information content (AvgIpc) is 2.33. The highest BCUT2D eigenvalue weighted by atomic mass is 19.2. The molecular weight excluding hydrogens is 245 g/mol. The van der Waals surface area contributed by atoms with E-state index >= 15 is 0 Å². The number of halogens is 3. The summed E-state index contributed by atoms with van der Waals surface area (Å²) in [7, 11) is 0. The summed E-state index contributed by atoms with van der Waals surface area (Å²) in [6, 6.07) is 2.02. The lowest BCUT2D eigenvalue weighted by Gasteiger charge is -2.06. The largest absolute Gasteiger partial charge is 0.377 e. The van der Waals surface area contributed by atoms with E-state index in [0.717, 1.165) is 12.1 Å². The lowest BCUT2D eigenvalue weighted by atomic mass is 10.2. The van der Waals surface area contributed by atoms with E-state index < -0.39 is 17.5 Å². The molecule has 0 aliphatic heterocycles. The van der Waals surface area contributed by atoms with E-state index in [0.29, 0.717) is 25.9 Å². The van der Waals surface area contributed by atoms with Crippen LogP contribution in [0.4, 0.5) is 13.2 Å². The number of Topliss-reactive ketones (excluding diaryl/α,β-unsaturated/α-hetero) is 1. The van der Waals surface area contributed by atoms with Gasteiger partial charge in [-0.15, -0.1) is 0 Å². The number of ketones is 1. The van der Waals surface area contributed by atoms with Gasteiger partial charge in [-0.1, -0.05) is 6.07 Å². The van der Waals surface area contributed by atoms with Gasteiger partial charge in [0.05, 0.1) is 6.61 Å². The zero-order valence-electron chi connectivity index (χ0n) is 10.1. The van der Waals surface area contributed by atoms with Crippen molar-refractivity contribution in [3.63, 3.8) is 0 Å². The van der Waals surface area contributed by atoms with Gasteiger partial charge in [-0.3, -0.25) is 0 Å². The van der Waals surface area contributed by atoms with Crippen molar-refractivity contribution in [3.8, 4) is 0 Å². The predicted molar refractivity (Wildman–Crippen MR) is 60.5 cm³/mol. The number of unbranched alkanes of at least 4 members (excludes halogenated alkanes) is 1. The molecule has 5 heteroatoms. The topological polar surface area (TPSA) is 26.3 Å². The van der Waals surface area contributed by atoms with Crippen molar-refractivity contribution in [3.05, 3.63) is 35.1 Å². The minimum Gasteiger partial charge on any atom is -0.377 e. The van der Waals surface area contributed by atoms with Crippen LogP contribution in [0.2, 0.25) is 0 Å². The number of carbonyl (C=O) groups is 1. The van der Waals surface area contributed by atoms with Gasteiger partial charge in [0.15, 0.2) is 17.5 Å². The Morgan fingerprint density at radius 3 is 2.56 bits per heavy atom. The van der Waals surface area contributed by atoms with Crippen LogP contribution >= 0.6 is 0 Å². The molecule has 1 aromatic rings. The molecule has 0 atom stereocenters. The molecule has 0 saturated heterocycles. The van der Waals surface area contributed by atoms with Crippen LogP contribution in [0.1, 0.15) is 31.7 Å². The predicted octanol–water partition coefficient (Wildman–Crippen LogP) is 3.38. The summed E-state index contributed by atoms with van der Waals surface area (Å²) in [5, 5.41) is 0. The van der Waals surface area contributed by atoms with Crippen molar-refractivity contribution in [2.75, 3.05) is 6.61 Å². The molecule has 0 aromatic heterocycles. The smallest absolute Gasteiger partial charge is 0.194 e. The highest BCUT2D eigenvalue weighted by Crippen LogP contribution is 2.16. The van der Waals surface area contributed by atoms with Crippen molar-refractivity contribution >= 4 is 5.78 Å². The summed E-state index contributed by atoms with van der Waals surface area (Å²) in [5.74, 6) is -3.79. The molecule has 100 valence electrons. The van der Waals surface area contributed by atoms with Crippen molar-refractivity contribution in [2.24, 2.45) is 0 Å². The SMILES string of the molecule is CC(=O)CCCCOCc1ccc(F)c(F)c1F. The molecule has 0 spiro atoms. The van der Waals surface area contributed by atoms with E-state index in [1.54, 1.807) is 0 Å². The summed E-state index contributed by atoms with van der Waals surface area (Å²) < 4.78 is 43.8. The van der Waals surface area contributed by atoms with Gasteiger partial charge in [0.1, 0.15) is 5.78 Å². The van der Waals surface area contributed by atoms with Gasteiger partial charge in [0.2, 0.25) is 0 Å². The van der Waals surface area contributed by atoms with Crippen molar-refractivity contribution in [1.29, 1.82) is 0 Å². The van der Waals surface area contributed by atoms with E-state index in [1.165, 1.54) is 6.92 Å². The number of hydrogen-bond acceptors (Lipinski definition) is 2. The van der Waals surface area contributed by atoms with Gasteiger partial charge in [-0.05, 0) is 25.8 Å². The summed E-state index contributed by atoms with van der Waals surface area (Å²) in [5.41, 5.74) is -0.0135. The molecule has 0 amide bonds. The molecule has 0 saturated carbocycles. The fourth-order valence-electron chi connectivity index (χ4n) is 1.44. The first-order valence-electron chi connectivity index (χ1n) is 5.72. The molecule has 18 heavy (non-hydrogen) atoms. The zero-order chi connectivity index (χ0) is 13.5. The molecule has 0 aliphatic rings. The Kier molecular flexibility index (Phi) is 5.85. The second-order valence-corrected chi connectivity index (χ2v) is 4.05. The van der Waals surface area contributed by atoms with Crippen molar-refractivity contribution in [1.82, 2.24) is 0 Å². The van der Waals surface area contributed by atoms with E-state index in [4.69, 9.17) is 4.74 Å². The number of rotatable bonds is 7. The molecule has 0 N–H and O–H groups in total. The standard InChI is InChI=1S/C13H15F3O2/c1-9(17)4-2-3-7-18-8-10-5-6-11(14)13(16)12(10)15/h5-6H,2-4,7-8H2,1H3. The van der Waals surface area contributed by atoms with E-state index in [2.05, 4.69) is 0 Å². The Bertz CT molecular complexity index is 419. The normalized spacial score (nSPS) is 10.7. The van der Waals surface area contributed by atoms with Crippen molar-refractivity contribution < 1.29 is 22.7 Å². The molecule has 1 rings (SSSR count). The molecule has 0 radical (unpaired) electrons. The lowest BCUT2D eigenvalue weighted by molar-refractivity contribution is -0.117. The molecule has 0 aliphatic carbocycles. The Balaban J connectivity index is 2.32. The fraction of sp³-hybridized carbons (Fsp3) is 0.462. The minimum atomic E-state index is -1.48. The quantitative estimate of drug-likeness (QED) is 0.555. The van der Waals surface area contributed by atoms with Gasteiger partial charge >= 0.3 is 0 Å².